The van der Waals surface area contributed by atoms with Gasteiger partial charge in [0.15, 0.2) is 0 Å². The number of aryl methyl sites for hydroxylation is 2. The summed E-state index contributed by atoms with van der Waals surface area (Å²) < 4.78 is 0. The van der Waals surface area contributed by atoms with E-state index >= 15 is 0 Å². The highest BCUT2D eigenvalue weighted by Crippen LogP contribution is 2.17. The minimum Gasteiger partial charge on any atom is -0.324 e. The molecule has 0 atom stereocenters. The Labute approximate surface area is 151 Å². The number of nitriles is 1. The summed E-state index contributed by atoms with van der Waals surface area (Å²) in [5.41, 5.74) is 4.61. The van der Waals surface area contributed by atoms with Crippen LogP contribution >= 0.6 is 0 Å². The fourth-order valence-electron chi connectivity index (χ4n) is 2.42. The molecule has 1 heterocycles. The molecule has 1 aromatic heterocycles. The highest BCUT2D eigenvalue weighted by molar-refractivity contribution is 6.04. The number of hydrogen-bond acceptors (Lipinski definition) is 5. The normalized spacial score (nSPS) is 10.0. The van der Waals surface area contributed by atoms with E-state index in [9.17, 15) is 4.79 Å². The van der Waals surface area contributed by atoms with Crippen molar-refractivity contribution >= 4 is 23.2 Å². The van der Waals surface area contributed by atoms with Crippen molar-refractivity contribution in [3.05, 3.63) is 77.1 Å². The Balaban J connectivity index is 1.68. The Morgan fingerprint density at radius 2 is 1.73 bits per heavy atom. The number of carbonyl (C=O) groups is 1. The predicted octanol–water partition coefficient (Wildman–Crippen LogP) is 3.96. The molecule has 0 spiro atoms. The van der Waals surface area contributed by atoms with Crippen molar-refractivity contribution in [2.45, 2.75) is 13.8 Å². The molecule has 3 aromatic rings. The Morgan fingerprint density at radius 1 is 1.04 bits per heavy atom. The minimum absolute atomic E-state index is 0.262. The summed E-state index contributed by atoms with van der Waals surface area (Å²) >= 11 is 0. The van der Waals surface area contributed by atoms with E-state index in [-0.39, 0.29) is 5.91 Å². The molecule has 0 bridgehead atoms. The zero-order valence-corrected chi connectivity index (χ0v) is 14.4. The van der Waals surface area contributed by atoms with Crippen molar-refractivity contribution in [3.8, 4) is 6.07 Å². The number of hydrogen-bond donors (Lipinski definition) is 2. The molecular formula is C20H17N5O. The van der Waals surface area contributed by atoms with Crippen LogP contribution in [0.5, 0.6) is 0 Å². The third kappa shape index (κ3) is 4.02. The largest absolute Gasteiger partial charge is 0.324 e. The Kier molecular flexibility index (Phi) is 4.90. The maximum atomic E-state index is 12.3. The summed E-state index contributed by atoms with van der Waals surface area (Å²) in [6, 6.07) is 14.8. The first kappa shape index (κ1) is 17.1. The van der Waals surface area contributed by atoms with E-state index in [2.05, 4.69) is 26.7 Å². The molecule has 0 unspecified atom stereocenters. The highest BCUT2D eigenvalue weighted by Gasteiger charge is 2.09. The quantitative estimate of drug-likeness (QED) is 0.748. The highest BCUT2D eigenvalue weighted by atomic mass is 16.1. The smallest absolute Gasteiger partial charge is 0.258 e. The van der Waals surface area contributed by atoms with Crippen molar-refractivity contribution < 1.29 is 4.79 Å². The molecule has 2 aromatic carbocycles. The maximum absolute atomic E-state index is 12.3. The van der Waals surface area contributed by atoms with Crippen molar-refractivity contribution in [2.75, 3.05) is 10.6 Å². The predicted molar refractivity (Wildman–Crippen MR) is 100 cm³/mol. The first-order valence-corrected chi connectivity index (χ1v) is 8.03. The number of nitrogens with zero attached hydrogens (tertiary/aromatic N) is 3. The van der Waals surface area contributed by atoms with Crippen molar-refractivity contribution in [2.24, 2.45) is 0 Å². The van der Waals surface area contributed by atoms with Gasteiger partial charge in [0.05, 0.1) is 17.2 Å². The van der Waals surface area contributed by atoms with Gasteiger partial charge in [-0.25, -0.2) is 9.97 Å². The average molecular weight is 343 g/mol. The third-order valence-corrected chi connectivity index (χ3v) is 3.81. The number of amides is 1. The zero-order valence-electron chi connectivity index (χ0n) is 14.4. The monoisotopic (exact) mass is 343 g/mol. The fourth-order valence-corrected chi connectivity index (χ4v) is 2.42. The van der Waals surface area contributed by atoms with Gasteiger partial charge in [-0.1, -0.05) is 17.7 Å². The molecule has 0 saturated heterocycles. The van der Waals surface area contributed by atoms with Crippen LogP contribution in [0.1, 0.15) is 27.0 Å². The minimum atomic E-state index is -0.262. The number of benzene rings is 2. The summed E-state index contributed by atoms with van der Waals surface area (Å²) in [7, 11) is 0. The number of nitrogens with one attached hydrogen (secondary N) is 2. The van der Waals surface area contributed by atoms with E-state index in [0.717, 1.165) is 22.5 Å². The van der Waals surface area contributed by atoms with Crippen LogP contribution in [-0.2, 0) is 0 Å². The maximum Gasteiger partial charge on any atom is 0.258 e. The van der Waals surface area contributed by atoms with Crippen molar-refractivity contribution in [1.82, 2.24) is 9.97 Å². The van der Waals surface area contributed by atoms with Gasteiger partial charge in [-0.2, -0.15) is 5.26 Å². The lowest BCUT2D eigenvalue weighted by Gasteiger charge is -2.09. The Bertz CT molecular complexity index is 973. The van der Waals surface area contributed by atoms with E-state index in [1.165, 1.54) is 12.4 Å². The average Bonchev–Trinajstić information content (AvgIpc) is 2.65. The molecule has 0 aliphatic rings. The molecule has 0 aliphatic carbocycles. The molecule has 0 saturated carbocycles. The summed E-state index contributed by atoms with van der Waals surface area (Å²) in [4.78, 5) is 20.7. The fraction of sp³-hybridized carbons (Fsp3) is 0.100. The lowest BCUT2D eigenvalue weighted by Crippen LogP contribution is -2.14. The van der Waals surface area contributed by atoms with E-state index in [0.29, 0.717) is 17.1 Å². The van der Waals surface area contributed by atoms with Crippen LogP contribution in [0.15, 0.2) is 54.9 Å². The first-order chi connectivity index (χ1) is 12.5. The lowest BCUT2D eigenvalue weighted by molar-refractivity contribution is 0.102. The van der Waals surface area contributed by atoms with Crippen LogP contribution in [0, 0.1) is 25.2 Å². The first-order valence-electron chi connectivity index (χ1n) is 8.03. The SMILES string of the molecule is Cc1ccc(NC(=O)c2cnc(Nc3ccc(C#N)cc3)nc2)c(C)c1. The number of anilines is 3. The molecule has 6 nitrogen and oxygen atoms in total. The molecule has 0 radical (unpaired) electrons. The molecule has 2 N–H and O–H groups in total. The van der Waals surface area contributed by atoms with E-state index in [4.69, 9.17) is 5.26 Å². The molecule has 3 rings (SSSR count). The van der Waals surface area contributed by atoms with Crippen molar-refractivity contribution in [3.63, 3.8) is 0 Å². The standard InChI is InChI=1S/C20H17N5O/c1-13-3-8-18(14(2)9-13)25-19(26)16-11-22-20(23-12-16)24-17-6-4-15(10-21)5-7-17/h3-9,11-12H,1-2H3,(H,25,26)(H,22,23,24). The molecule has 0 fully saturated rings. The third-order valence-electron chi connectivity index (χ3n) is 3.81. The molecule has 26 heavy (non-hydrogen) atoms. The van der Waals surface area contributed by atoms with Gasteiger partial charge in [0, 0.05) is 23.8 Å². The molecule has 128 valence electrons. The van der Waals surface area contributed by atoms with E-state index < -0.39 is 0 Å². The van der Waals surface area contributed by atoms with Crippen molar-refractivity contribution in [1.29, 1.82) is 5.26 Å². The van der Waals surface area contributed by atoms with Crippen LogP contribution in [0.2, 0.25) is 0 Å². The number of carbonyl (C=O) groups excluding carboxylic acids is 1. The van der Waals surface area contributed by atoms with E-state index in [1.54, 1.807) is 24.3 Å². The summed E-state index contributed by atoms with van der Waals surface area (Å²) in [5, 5.41) is 14.7. The molecule has 0 aliphatic heterocycles. The van der Waals surface area contributed by atoms with Gasteiger partial charge >= 0.3 is 0 Å². The molecule has 6 heteroatoms. The van der Waals surface area contributed by atoms with Gasteiger partial charge in [0.1, 0.15) is 0 Å². The lowest BCUT2D eigenvalue weighted by atomic mass is 10.1. The van der Waals surface area contributed by atoms with Gasteiger partial charge in [-0.3, -0.25) is 4.79 Å². The number of aromatic nitrogens is 2. The van der Waals surface area contributed by atoms with Gasteiger partial charge < -0.3 is 10.6 Å². The van der Waals surface area contributed by atoms with Crippen LogP contribution < -0.4 is 10.6 Å². The van der Waals surface area contributed by atoms with Crippen LogP contribution in [0.3, 0.4) is 0 Å². The van der Waals surface area contributed by atoms with Gasteiger partial charge in [0.25, 0.3) is 5.91 Å². The Morgan fingerprint density at radius 3 is 2.35 bits per heavy atom. The van der Waals surface area contributed by atoms with Crippen LogP contribution in [0.4, 0.5) is 17.3 Å². The topological polar surface area (TPSA) is 90.7 Å². The molecular weight excluding hydrogens is 326 g/mol. The van der Waals surface area contributed by atoms with E-state index in [1.807, 2.05) is 32.0 Å². The second kappa shape index (κ2) is 7.45. The van der Waals surface area contributed by atoms with Gasteiger partial charge in [-0.05, 0) is 49.7 Å². The summed E-state index contributed by atoms with van der Waals surface area (Å²) in [5.74, 6) is 0.111. The van der Waals surface area contributed by atoms with Gasteiger partial charge in [-0.15, -0.1) is 0 Å². The zero-order chi connectivity index (χ0) is 18.5. The Hall–Kier alpha value is -3.72. The van der Waals surface area contributed by atoms with Gasteiger partial charge in [0.2, 0.25) is 5.95 Å². The molecule has 1 amide bonds. The summed E-state index contributed by atoms with van der Waals surface area (Å²) in [6.07, 6.45) is 2.94. The number of rotatable bonds is 4. The van der Waals surface area contributed by atoms with Crippen LogP contribution in [0.25, 0.3) is 0 Å². The van der Waals surface area contributed by atoms with Crippen LogP contribution in [-0.4, -0.2) is 15.9 Å². The second-order valence-corrected chi connectivity index (χ2v) is 5.88. The second-order valence-electron chi connectivity index (χ2n) is 5.88. The summed E-state index contributed by atoms with van der Waals surface area (Å²) in [6.45, 7) is 3.95.